The fourth-order valence-electron chi connectivity index (χ4n) is 2.30. The van der Waals surface area contributed by atoms with Gasteiger partial charge in [-0.15, -0.1) is 0 Å². The highest BCUT2D eigenvalue weighted by Crippen LogP contribution is 2.14. The second-order valence-corrected chi connectivity index (χ2v) is 6.04. The molecule has 150 valence electrons. The summed E-state index contributed by atoms with van der Waals surface area (Å²) in [6.07, 6.45) is 3.61. The Morgan fingerprint density at radius 1 is 1.07 bits per heavy atom. The Bertz CT molecular complexity index is 768. The molecule has 7 nitrogen and oxygen atoms in total. The van der Waals surface area contributed by atoms with Crippen LogP contribution in [0, 0.1) is 5.82 Å². The van der Waals surface area contributed by atoms with Gasteiger partial charge in [0.15, 0.2) is 0 Å². The number of nitrogens with one attached hydrogen (secondary N) is 3. The maximum atomic E-state index is 12.8. The van der Waals surface area contributed by atoms with Gasteiger partial charge in [0.25, 0.3) is 5.91 Å². The number of amides is 3. The molecule has 8 heteroatoms. The lowest BCUT2D eigenvalue weighted by Crippen LogP contribution is -2.40. The first-order chi connectivity index (χ1) is 13.6. The summed E-state index contributed by atoms with van der Waals surface area (Å²) in [5.74, 6) is -0.211. The second-order valence-electron chi connectivity index (χ2n) is 6.04. The SMILES string of the molecule is CCCCOc1ncccc1CNC(=O)NCCNC(=O)c1ccc(F)cc1. The number of urea groups is 1. The van der Waals surface area contributed by atoms with Gasteiger partial charge in [-0.2, -0.15) is 0 Å². The monoisotopic (exact) mass is 388 g/mol. The lowest BCUT2D eigenvalue weighted by atomic mass is 10.2. The molecular formula is C20H25FN4O3. The van der Waals surface area contributed by atoms with E-state index in [4.69, 9.17) is 4.74 Å². The molecule has 3 N–H and O–H groups in total. The molecule has 0 aliphatic carbocycles. The number of halogens is 1. The van der Waals surface area contributed by atoms with E-state index in [-0.39, 0.29) is 31.6 Å². The number of benzene rings is 1. The van der Waals surface area contributed by atoms with Crippen LogP contribution in [0.5, 0.6) is 5.88 Å². The molecule has 0 fully saturated rings. The minimum Gasteiger partial charge on any atom is -0.477 e. The molecule has 1 aromatic carbocycles. The lowest BCUT2D eigenvalue weighted by Gasteiger charge is -2.11. The Morgan fingerprint density at radius 3 is 2.57 bits per heavy atom. The van der Waals surface area contributed by atoms with Crippen molar-refractivity contribution in [3.63, 3.8) is 0 Å². The number of rotatable bonds is 10. The summed E-state index contributed by atoms with van der Waals surface area (Å²) < 4.78 is 18.5. The zero-order chi connectivity index (χ0) is 20.2. The van der Waals surface area contributed by atoms with Gasteiger partial charge in [-0.25, -0.2) is 14.2 Å². The van der Waals surface area contributed by atoms with E-state index in [0.717, 1.165) is 18.4 Å². The van der Waals surface area contributed by atoms with E-state index in [0.29, 0.717) is 18.1 Å². The zero-order valence-electron chi connectivity index (χ0n) is 15.8. The minimum absolute atomic E-state index is 0.252. The predicted molar refractivity (Wildman–Crippen MR) is 104 cm³/mol. The molecule has 0 aliphatic rings. The van der Waals surface area contributed by atoms with Crippen LogP contribution < -0.4 is 20.7 Å². The number of nitrogens with zero attached hydrogens (tertiary/aromatic N) is 1. The topological polar surface area (TPSA) is 92.3 Å². The van der Waals surface area contributed by atoms with Crippen molar-refractivity contribution < 1.29 is 18.7 Å². The molecule has 0 aliphatic heterocycles. The Kier molecular flexibility index (Phi) is 8.71. The van der Waals surface area contributed by atoms with Gasteiger partial charge in [0.2, 0.25) is 5.88 Å². The largest absolute Gasteiger partial charge is 0.477 e. The third kappa shape index (κ3) is 7.22. The Hall–Kier alpha value is -3.16. The molecule has 0 bridgehead atoms. The van der Waals surface area contributed by atoms with Crippen LogP contribution in [0.25, 0.3) is 0 Å². The summed E-state index contributed by atoms with van der Waals surface area (Å²) in [6, 6.07) is 8.51. The summed E-state index contributed by atoms with van der Waals surface area (Å²) in [5.41, 5.74) is 1.15. The van der Waals surface area contributed by atoms with E-state index in [2.05, 4.69) is 27.9 Å². The number of ether oxygens (including phenoxy) is 1. The lowest BCUT2D eigenvalue weighted by molar-refractivity contribution is 0.0953. The fraction of sp³-hybridized carbons (Fsp3) is 0.350. The molecule has 1 heterocycles. The first kappa shape index (κ1) is 21.1. The van der Waals surface area contributed by atoms with Crippen molar-refractivity contribution in [3.8, 4) is 5.88 Å². The first-order valence-electron chi connectivity index (χ1n) is 9.22. The van der Waals surface area contributed by atoms with Gasteiger partial charge >= 0.3 is 6.03 Å². The number of carbonyl (C=O) groups excluding carboxylic acids is 2. The number of hydrogen-bond donors (Lipinski definition) is 3. The van der Waals surface area contributed by atoms with Gasteiger partial charge < -0.3 is 20.7 Å². The molecule has 2 rings (SSSR count). The average molecular weight is 388 g/mol. The molecule has 0 saturated heterocycles. The van der Waals surface area contributed by atoms with Gasteiger partial charge in [0, 0.05) is 37.0 Å². The Morgan fingerprint density at radius 2 is 1.82 bits per heavy atom. The summed E-state index contributed by atoms with van der Waals surface area (Å²) in [5, 5.41) is 8.04. The van der Waals surface area contributed by atoms with Gasteiger partial charge in [-0.1, -0.05) is 19.4 Å². The van der Waals surface area contributed by atoms with E-state index in [1.807, 2.05) is 6.07 Å². The fourth-order valence-corrected chi connectivity index (χ4v) is 2.30. The van der Waals surface area contributed by atoms with Crippen LogP contribution in [0.3, 0.4) is 0 Å². The van der Waals surface area contributed by atoms with Crippen molar-refractivity contribution in [2.45, 2.75) is 26.3 Å². The van der Waals surface area contributed by atoms with Crippen molar-refractivity contribution in [2.24, 2.45) is 0 Å². The van der Waals surface area contributed by atoms with Crippen molar-refractivity contribution in [1.29, 1.82) is 0 Å². The molecule has 28 heavy (non-hydrogen) atoms. The van der Waals surface area contributed by atoms with E-state index in [1.54, 1.807) is 12.3 Å². The molecule has 2 aromatic rings. The minimum atomic E-state index is -0.401. The molecule has 0 radical (unpaired) electrons. The third-order valence-corrected chi connectivity index (χ3v) is 3.83. The second kappa shape index (κ2) is 11.5. The molecule has 0 saturated carbocycles. The van der Waals surface area contributed by atoms with E-state index in [9.17, 15) is 14.0 Å². The summed E-state index contributed by atoms with van der Waals surface area (Å²) in [7, 11) is 0. The van der Waals surface area contributed by atoms with Crippen LogP contribution >= 0.6 is 0 Å². The molecule has 1 aromatic heterocycles. The molecule has 3 amide bonds. The number of hydrogen-bond acceptors (Lipinski definition) is 4. The normalized spacial score (nSPS) is 10.2. The first-order valence-corrected chi connectivity index (χ1v) is 9.22. The van der Waals surface area contributed by atoms with Crippen molar-refractivity contribution in [2.75, 3.05) is 19.7 Å². The van der Waals surface area contributed by atoms with E-state index in [1.165, 1.54) is 24.3 Å². The Balaban J connectivity index is 1.67. The summed E-state index contributed by atoms with van der Waals surface area (Å²) in [4.78, 5) is 28.0. The smallest absolute Gasteiger partial charge is 0.315 e. The van der Waals surface area contributed by atoms with Gasteiger partial charge in [0.05, 0.1) is 6.61 Å². The number of pyridine rings is 1. The molecular weight excluding hydrogens is 363 g/mol. The van der Waals surface area contributed by atoms with Crippen LogP contribution in [-0.2, 0) is 6.54 Å². The molecule has 0 unspecified atom stereocenters. The quantitative estimate of drug-likeness (QED) is 0.546. The van der Waals surface area contributed by atoms with Gasteiger partial charge in [-0.05, 0) is 36.8 Å². The standard InChI is InChI=1S/C20H25FN4O3/c1-2-3-13-28-19-16(5-4-10-23-19)14-25-20(27)24-12-11-22-18(26)15-6-8-17(21)9-7-15/h4-10H,2-3,11-14H2,1H3,(H,22,26)(H2,24,25,27). The van der Waals surface area contributed by atoms with Gasteiger partial charge in [-0.3, -0.25) is 4.79 Å². The maximum Gasteiger partial charge on any atom is 0.315 e. The van der Waals surface area contributed by atoms with Gasteiger partial charge in [0.1, 0.15) is 5.82 Å². The number of carbonyl (C=O) groups is 2. The highest BCUT2D eigenvalue weighted by molar-refractivity contribution is 5.94. The van der Waals surface area contributed by atoms with Crippen LogP contribution in [0.2, 0.25) is 0 Å². The third-order valence-electron chi connectivity index (χ3n) is 3.83. The molecule has 0 atom stereocenters. The van der Waals surface area contributed by atoms with E-state index >= 15 is 0 Å². The Labute approximate surface area is 163 Å². The maximum absolute atomic E-state index is 12.8. The summed E-state index contributed by atoms with van der Waals surface area (Å²) in [6.45, 7) is 3.45. The van der Waals surface area contributed by atoms with Crippen LogP contribution in [0.4, 0.5) is 9.18 Å². The number of unbranched alkanes of at least 4 members (excludes halogenated alkanes) is 1. The van der Waals surface area contributed by atoms with Crippen LogP contribution in [0.15, 0.2) is 42.6 Å². The van der Waals surface area contributed by atoms with Crippen LogP contribution in [0.1, 0.15) is 35.7 Å². The predicted octanol–water partition coefficient (Wildman–Crippen LogP) is 2.63. The summed E-state index contributed by atoms with van der Waals surface area (Å²) >= 11 is 0. The van der Waals surface area contributed by atoms with Crippen LogP contribution in [-0.4, -0.2) is 36.6 Å². The highest BCUT2D eigenvalue weighted by atomic mass is 19.1. The van der Waals surface area contributed by atoms with E-state index < -0.39 is 5.82 Å². The van der Waals surface area contributed by atoms with Crippen molar-refractivity contribution >= 4 is 11.9 Å². The number of aromatic nitrogens is 1. The zero-order valence-corrected chi connectivity index (χ0v) is 15.8. The average Bonchev–Trinajstić information content (AvgIpc) is 2.71. The highest BCUT2D eigenvalue weighted by Gasteiger charge is 2.08. The molecule has 0 spiro atoms. The van der Waals surface area contributed by atoms with Crippen molar-refractivity contribution in [3.05, 3.63) is 59.5 Å². The van der Waals surface area contributed by atoms with Crippen molar-refractivity contribution in [1.82, 2.24) is 20.9 Å².